The number of nitrogens with zero attached hydrogens (tertiary/aromatic N) is 5. The Balaban J connectivity index is 1.44. The SMILES string of the molecule is CC(C)c1cncc(-c2ccc(NC(=O)C(C)(C)c3ccnc(NSC4CC4)n3)nc2)n1. The van der Waals surface area contributed by atoms with Crippen molar-refractivity contribution in [3.8, 4) is 11.3 Å². The van der Waals surface area contributed by atoms with E-state index in [1.54, 1.807) is 48.9 Å². The Kier molecular flexibility index (Phi) is 6.36. The van der Waals surface area contributed by atoms with E-state index in [0.29, 0.717) is 28.6 Å². The van der Waals surface area contributed by atoms with Gasteiger partial charge in [-0.1, -0.05) is 13.8 Å². The van der Waals surface area contributed by atoms with Crippen molar-refractivity contribution < 1.29 is 4.79 Å². The van der Waals surface area contributed by atoms with Crippen LogP contribution in [0.15, 0.2) is 43.0 Å². The molecular weight excluding hydrogens is 422 g/mol. The van der Waals surface area contributed by atoms with Gasteiger partial charge in [0.1, 0.15) is 5.82 Å². The molecule has 1 amide bonds. The second kappa shape index (κ2) is 9.20. The fourth-order valence-corrected chi connectivity index (χ4v) is 3.63. The first-order valence-electron chi connectivity index (χ1n) is 10.7. The topological polar surface area (TPSA) is 106 Å². The number of rotatable bonds is 8. The Hall–Kier alpha value is -3.07. The molecular formula is C23H27N7OS. The maximum atomic E-state index is 13.0. The molecule has 9 heteroatoms. The first-order chi connectivity index (χ1) is 15.3. The van der Waals surface area contributed by atoms with Gasteiger partial charge < -0.3 is 5.32 Å². The molecule has 32 heavy (non-hydrogen) atoms. The molecule has 0 atom stereocenters. The molecule has 0 radical (unpaired) electrons. The van der Waals surface area contributed by atoms with Gasteiger partial charge in [0.2, 0.25) is 11.9 Å². The summed E-state index contributed by atoms with van der Waals surface area (Å²) < 4.78 is 3.18. The summed E-state index contributed by atoms with van der Waals surface area (Å²) in [5.74, 6) is 1.09. The Morgan fingerprint density at radius 2 is 1.91 bits per heavy atom. The molecule has 1 aliphatic rings. The largest absolute Gasteiger partial charge is 0.310 e. The molecule has 0 saturated heterocycles. The predicted octanol–water partition coefficient (Wildman–Crippen LogP) is 4.59. The number of anilines is 2. The number of nitrogens with one attached hydrogen (secondary N) is 2. The third kappa shape index (κ3) is 5.21. The minimum absolute atomic E-state index is 0.196. The predicted molar refractivity (Wildman–Crippen MR) is 127 cm³/mol. The average Bonchev–Trinajstić information content (AvgIpc) is 3.63. The van der Waals surface area contributed by atoms with Gasteiger partial charge in [-0.05, 0) is 62.8 Å². The van der Waals surface area contributed by atoms with E-state index in [2.05, 4.69) is 48.8 Å². The summed E-state index contributed by atoms with van der Waals surface area (Å²) in [5, 5.41) is 3.53. The van der Waals surface area contributed by atoms with Crippen LogP contribution in [0.1, 0.15) is 57.8 Å². The zero-order valence-electron chi connectivity index (χ0n) is 18.7. The van der Waals surface area contributed by atoms with E-state index in [4.69, 9.17) is 0 Å². The standard InChI is InChI=1S/C23H27N7OS/c1-14(2)17-12-24-13-18(27-17)15-5-8-20(26-11-15)29-21(31)23(3,4)19-9-10-25-22(28-19)30-32-16-6-7-16/h5,8-14,16H,6-7H2,1-4H3,(H,25,28,30)(H,26,29,31). The van der Waals surface area contributed by atoms with Crippen LogP contribution in [0.2, 0.25) is 0 Å². The number of hydrogen-bond acceptors (Lipinski definition) is 8. The lowest BCUT2D eigenvalue weighted by Crippen LogP contribution is -2.36. The molecule has 0 unspecified atom stereocenters. The van der Waals surface area contributed by atoms with E-state index in [9.17, 15) is 4.79 Å². The Labute approximate surface area is 192 Å². The number of hydrogen-bond donors (Lipinski definition) is 2. The highest BCUT2D eigenvalue weighted by Crippen LogP contribution is 2.34. The zero-order valence-corrected chi connectivity index (χ0v) is 19.5. The molecule has 3 aromatic heterocycles. The second-order valence-corrected chi connectivity index (χ2v) is 9.79. The maximum absolute atomic E-state index is 13.0. The lowest BCUT2D eigenvalue weighted by atomic mass is 9.88. The van der Waals surface area contributed by atoms with Crippen molar-refractivity contribution in [1.29, 1.82) is 0 Å². The molecule has 0 aromatic carbocycles. The summed E-state index contributed by atoms with van der Waals surface area (Å²) >= 11 is 1.63. The molecule has 2 N–H and O–H groups in total. The van der Waals surface area contributed by atoms with Crippen molar-refractivity contribution >= 4 is 29.6 Å². The van der Waals surface area contributed by atoms with Crippen LogP contribution in [0.25, 0.3) is 11.3 Å². The lowest BCUT2D eigenvalue weighted by Gasteiger charge is -2.23. The summed E-state index contributed by atoms with van der Waals surface area (Å²) in [6, 6.07) is 5.42. The van der Waals surface area contributed by atoms with Gasteiger partial charge in [-0.25, -0.2) is 19.9 Å². The van der Waals surface area contributed by atoms with Crippen molar-refractivity contribution in [1.82, 2.24) is 24.9 Å². The molecule has 1 aliphatic carbocycles. The van der Waals surface area contributed by atoms with Crippen LogP contribution < -0.4 is 10.0 Å². The van der Waals surface area contributed by atoms with Crippen molar-refractivity contribution in [2.45, 2.75) is 57.1 Å². The van der Waals surface area contributed by atoms with Crippen LogP contribution in [-0.2, 0) is 10.2 Å². The van der Waals surface area contributed by atoms with Crippen LogP contribution in [0.4, 0.5) is 11.8 Å². The fourth-order valence-electron chi connectivity index (χ4n) is 2.88. The number of carbonyl (C=O) groups excluding carboxylic acids is 1. The van der Waals surface area contributed by atoms with Crippen LogP contribution in [-0.4, -0.2) is 36.1 Å². The molecule has 1 fully saturated rings. The number of carbonyl (C=O) groups is 1. The molecule has 8 nitrogen and oxygen atoms in total. The minimum Gasteiger partial charge on any atom is -0.310 e. The van der Waals surface area contributed by atoms with Gasteiger partial charge in [0, 0.05) is 29.4 Å². The van der Waals surface area contributed by atoms with Gasteiger partial charge in [0.25, 0.3) is 0 Å². The fraction of sp³-hybridized carbons (Fsp3) is 0.391. The van der Waals surface area contributed by atoms with E-state index < -0.39 is 5.41 Å². The number of aromatic nitrogens is 5. The monoisotopic (exact) mass is 449 g/mol. The van der Waals surface area contributed by atoms with Gasteiger partial charge in [0.05, 0.1) is 28.7 Å². The van der Waals surface area contributed by atoms with Crippen LogP contribution in [0, 0.1) is 0 Å². The van der Waals surface area contributed by atoms with Crippen molar-refractivity contribution in [3.63, 3.8) is 0 Å². The third-order valence-corrected chi connectivity index (χ3v) is 6.36. The minimum atomic E-state index is -0.860. The van der Waals surface area contributed by atoms with E-state index >= 15 is 0 Å². The Morgan fingerprint density at radius 3 is 2.59 bits per heavy atom. The smallest absolute Gasteiger partial charge is 0.237 e. The molecule has 3 aromatic rings. The van der Waals surface area contributed by atoms with E-state index in [0.717, 1.165) is 17.0 Å². The highest BCUT2D eigenvalue weighted by Gasteiger charge is 2.32. The number of pyridine rings is 1. The first-order valence-corrected chi connectivity index (χ1v) is 11.6. The molecule has 3 heterocycles. The Morgan fingerprint density at radius 1 is 1.09 bits per heavy atom. The van der Waals surface area contributed by atoms with E-state index in [1.807, 2.05) is 19.9 Å². The van der Waals surface area contributed by atoms with Crippen molar-refractivity contribution in [2.24, 2.45) is 0 Å². The summed E-state index contributed by atoms with van der Waals surface area (Å²) in [7, 11) is 0. The van der Waals surface area contributed by atoms with Crippen LogP contribution in [0.5, 0.6) is 0 Å². The van der Waals surface area contributed by atoms with E-state index in [1.165, 1.54) is 12.8 Å². The van der Waals surface area contributed by atoms with Gasteiger partial charge in [-0.2, -0.15) is 0 Å². The quantitative estimate of drug-likeness (QED) is 0.481. The molecule has 0 bridgehead atoms. The summed E-state index contributed by atoms with van der Waals surface area (Å²) in [6.45, 7) is 7.83. The molecule has 0 spiro atoms. The summed E-state index contributed by atoms with van der Waals surface area (Å²) in [4.78, 5) is 35.1. The average molecular weight is 450 g/mol. The molecule has 0 aliphatic heterocycles. The van der Waals surface area contributed by atoms with Crippen LogP contribution in [0.3, 0.4) is 0 Å². The Bertz CT molecular complexity index is 1100. The first kappa shape index (κ1) is 22.1. The maximum Gasteiger partial charge on any atom is 0.237 e. The van der Waals surface area contributed by atoms with Gasteiger partial charge >= 0.3 is 0 Å². The molecule has 1 saturated carbocycles. The third-order valence-electron chi connectivity index (χ3n) is 5.25. The lowest BCUT2D eigenvalue weighted by molar-refractivity contribution is -0.120. The second-order valence-electron chi connectivity index (χ2n) is 8.68. The normalized spacial score (nSPS) is 13.8. The van der Waals surface area contributed by atoms with Crippen molar-refractivity contribution in [2.75, 3.05) is 10.0 Å². The van der Waals surface area contributed by atoms with Gasteiger partial charge in [0.15, 0.2) is 0 Å². The van der Waals surface area contributed by atoms with Crippen LogP contribution >= 0.6 is 11.9 Å². The highest BCUT2D eigenvalue weighted by atomic mass is 32.2. The van der Waals surface area contributed by atoms with Gasteiger partial charge in [-0.15, -0.1) is 0 Å². The van der Waals surface area contributed by atoms with Crippen molar-refractivity contribution in [3.05, 3.63) is 54.4 Å². The van der Waals surface area contributed by atoms with Gasteiger partial charge in [-0.3, -0.25) is 14.5 Å². The highest BCUT2D eigenvalue weighted by molar-refractivity contribution is 8.01. The summed E-state index contributed by atoms with van der Waals surface area (Å²) in [6.07, 6.45) is 9.29. The zero-order chi connectivity index (χ0) is 22.7. The van der Waals surface area contributed by atoms with E-state index in [-0.39, 0.29) is 5.91 Å². The summed E-state index contributed by atoms with van der Waals surface area (Å²) in [5.41, 5.74) is 2.31. The number of amides is 1. The molecule has 4 rings (SSSR count). The molecule has 166 valence electrons.